The van der Waals surface area contributed by atoms with Gasteiger partial charge in [-0.05, 0) is 38.8 Å². The zero-order valence-electron chi connectivity index (χ0n) is 10.5. The Kier molecular flexibility index (Phi) is 3.27. The fourth-order valence-electron chi connectivity index (χ4n) is 2.71. The van der Waals surface area contributed by atoms with E-state index in [9.17, 15) is 4.79 Å². The van der Waals surface area contributed by atoms with Gasteiger partial charge >= 0.3 is 0 Å². The fourth-order valence-corrected chi connectivity index (χ4v) is 2.71. The SMILES string of the molecule is O=C(c1cn(C2CCNCC2)nn1)N1CCCC1. The van der Waals surface area contributed by atoms with Gasteiger partial charge in [0.25, 0.3) is 5.91 Å². The van der Waals surface area contributed by atoms with Crippen LogP contribution < -0.4 is 5.32 Å². The highest BCUT2D eigenvalue weighted by atomic mass is 16.2. The van der Waals surface area contributed by atoms with E-state index in [4.69, 9.17) is 0 Å². The van der Waals surface area contributed by atoms with Crippen LogP contribution >= 0.6 is 0 Å². The minimum atomic E-state index is 0.0349. The Morgan fingerprint density at radius 2 is 2.00 bits per heavy atom. The number of piperidine rings is 1. The summed E-state index contributed by atoms with van der Waals surface area (Å²) in [6.07, 6.45) is 6.14. The van der Waals surface area contributed by atoms with Crippen molar-refractivity contribution in [1.82, 2.24) is 25.2 Å². The van der Waals surface area contributed by atoms with Crippen molar-refractivity contribution in [3.8, 4) is 0 Å². The van der Waals surface area contributed by atoms with Gasteiger partial charge in [-0.25, -0.2) is 4.68 Å². The number of hydrogen-bond donors (Lipinski definition) is 1. The molecule has 0 bridgehead atoms. The van der Waals surface area contributed by atoms with E-state index in [1.54, 1.807) is 0 Å². The van der Waals surface area contributed by atoms with E-state index in [0.29, 0.717) is 11.7 Å². The van der Waals surface area contributed by atoms with E-state index >= 15 is 0 Å². The number of nitrogens with one attached hydrogen (secondary N) is 1. The van der Waals surface area contributed by atoms with Crippen LogP contribution in [0.15, 0.2) is 6.20 Å². The molecule has 0 unspecified atom stereocenters. The summed E-state index contributed by atoms with van der Waals surface area (Å²) in [5.41, 5.74) is 0.496. The predicted octanol–water partition coefficient (Wildman–Crippen LogP) is 0.439. The Hall–Kier alpha value is -1.43. The Labute approximate surface area is 106 Å². The number of amides is 1. The van der Waals surface area contributed by atoms with Crippen LogP contribution in [0.25, 0.3) is 0 Å². The van der Waals surface area contributed by atoms with Crippen molar-refractivity contribution >= 4 is 5.91 Å². The molecule has 0 spiro atoms. The standard InChI is InChI=1S/C12H19N5O/c18-12(16-7-1-2-8-16)11-9-17(15-14-11)10-3-5-13-6-4-10/h9-10,13H,1-8H2. The van der Waals surface area contributed by atoms with Crippen LogP contribution in [0.4, 0.5) is 0 Å². The van der Waals surface area contributed by atoms with Gasteiger partial charge in [0.15, 0.2) is 5.69 Å². The lowest BCUT2D eigenvalue weighted by atomic mass is 10.1. The van der Waals surface area contributed by atoms with E-state index in [2.05, 4.69) is 15.6 Å². The monoisotopic (exact) mass is 249 g/mol. The number of carbonyl (C=O) groups excluding carboxylic acids is 1. The van der Waals surface area contributed by atoms with Crippen LogP contribution in [-0.4, -0.2) is 52.0 Å². The summed E-state index contributed by atoms with van der Waals surface area (Å²) in [6.45, 7) is 3.75. The smallest absolute Gasteiger partial charge is 0.276 e. The lowest BCUT2D eigenvalue weighted by molar-refractivity contribution is 0.0787. The maximum atomic E-state index is 12.1. The van der Waals surface area contributed by atoms with Gasteiger partial charge in [0.05, 0.1) is 12.2 Å². The van der Waals surface area contributed by atoms with Crippen LogP contribution in [0.3, 0.4) is 0 Å². The largest absolute Gasteiger partial charge is 0.337 e. The summed E-state index contributed by atoms with van der Waals surface area (Å²) in [5, 5.41) is 11.5. The molecule has 1 N–H and O–H groups in total. The molecule has 0 atom stereocenters. The molecule has 2 fully saturated rings. The summed E-state index contributed by atoms with van der Waals surface area (Å²) in [5.74, 6) is 0.0349. The molecule has 1 aromatic heterocycles. The fraction of sp³-hybridized carbons (Fsp3) is 0.750. The molecular weight excluding hydrogens is 230 g/mol. The summed E-state index contributed by atoms with van der Waals surface area (Å²) in [4.78, 5) is 14.0. The molecule has 6 heteroatoms. The first-order valence-electron chi connectivity index (χ1n) is 6.76. The van der Waals surface area contributed by atoms with E-state index in [1.165, 1.54) is 0 Å². The summed E-state index contributed by atoms with van der Waals surface area (Å²) in [7, 11) is 0. The molecule has 0 radical (unpaired) electrons. The molecule has 3 heterocycles. The minimum Gasteiger partial charge on any atom is -0.337 e. The maximum absolute atomic E-state index is 12.1. The number of nitrogens with zero attached hydrogens (tertiary/aromatic N) is 4. The lowest BCUT2D eigenvalue weighted by Crippen LogP contribution is -2.30. The lowest BCUT2D eigenvalue weighted by Gasteiger charge is -2.22. The normalized spacial score (nSPS) is 21.4. The molecule has 98 valence electrons. The highest BCUT2D eigenvalue weighted by Gasteiger charge is 2.23. The van der Waals surface area contributed by atoms with E-state index in [1.807, 2.05) is 15.8 Å². The first-order valence-corrected chi connectivity index (χ1v) is 6.76. The maximum Gasteiger partial charge on any atom is 0.276 e. The van der Waals surface area contributed by atoms with Crippen LogP contribution in [0.5, 0.6) is 0 Å². The molecule has 0 saturated carbocycles. The molecule has 1 aromatic rings. The summed E-state index contributed by atoms with van der Waals surface area (Å²) < 4.78 is 1.87. The average molecular weight is 249 g/mol. The minimum absolute atomic E-state index is 0.0349. The average Bonchev–Trinajstić information content (AvgIpc) is 3.10. The van der Waals surface area contributed by atoms with E-state index in [0.717, 1.165) is 51.9 Å². The number of carbonyl (C=O) groups is 1. The van der Waals surface area contributed by atoms with Gasteiger partial charge in [-0.1, -0.05) is 5.21 Å². The first kappa shape index (κ1) is 11.6. The highest BCUT2D eigenvalue weighted by Crippen LogP contribution is 2.18. The predicted molar refractivity (Wildman–Crippen MR) is 66.3 cm³/mol. The quantitative estimate of drug-likeness (QED) is 0.826. The van der Waals surface area contributed by atoms with Crippen LogP contribution in [0.2, 0.25) is 0 Å². The van der Waals surface area contributed by atoms with Crippen molar-refractivity contribution in [2.45, 2.75) is 31.7 Å². The summed E-state index contributed by atoms with van der Waals surface area (Å²) in [6, 6.07) is 0.388. The van der Waals surface area contributed by atoms with Crippen molar-refractivity contribution in [3.63, 3.8) is 0 Å². The topological polar surface area (TPSA) is 63.1 Å². The molecule has 0 aromatic carbocycles. The molecule has 1 amide bonds. The van der Waals surface area contributed by atoms with Gasteiger partial charge in [-0.15, -0.1) is 5.10 Å². The number of likely N-dealkylation sites (tertiary alicyclic amines) is 1. The second-order valence-corrected chi connectivity index (χ2v) is 5.06. The van der Waals surface area contributed by atoms with E-state index < -0.39 is 0 Å². The van der Waals surface area contributed by atoms with Gasteiger partial charge in [-0.3, -0.25) is 4.79 Å². The zero-order chi connectivity index (χ0) is 12.4. The third-order valence-corrected chi connectivity index (χ3v) is 3.81. The Bertz CT molecular complexity index is 418. The molecule has 0 aliphatic carbocycles. The zero-order valence-corrected chi connectivity index (χ0v) is 10.5. The number of hydrogen-bond acceptors (Lipinski definition) is 4. The summed E-state index contributed by atoms with van der Waals surface area (Å²) >= 11 is 0. The third-order valence-electron chi connectivity index (χ3n) is 3.81. The van der Waals surface area contributed by atoms with Gasteiger partial charge in [0.2, 0.25) is 0 Å². The van der Waals surface area contributed by atoms with Gasteiger partial charge < -0.3 is 10.2 Å². The van der Waals surface area contributed by atoms with Crippen molar-refractivity contribution in [1.29, 1.82) is 0 Å². The Balaban J connectivity index is 1.70. The molecule has 3 rings (SSSR count). The second kappa shape index (κ2) is 5.06. The van der Waals surface area contributed by atoms with Crippen LogP contribution in [-0.2, 0) is 0 Å². The highest BCUT2D eigenvalue weighted by molar-refractivity contribution is 5.92. The molecular formula is C12H19N5O. The van der Waals surface area contributed by atoms with Crippen LogP contribution in [0, 0.1) is 0 Å². The molecule has 2 saturated heterocycles. The second-order valence-electron chi connectivity index (χ2n) is 5.06. The Morgan fingerprint density at radius 1 is 1.28 bits per heavy atom. The molecule has 2 aliphatic rings. The molecule has 18 heavy (non-hydrogen) atoms. The van der Waals surface area contributed by atoms with Gasteiger partial charge in [0.1, 0.15) is 0 Å². The van der Waals surface area contributed by atoms with Crippen molar-refractivity contribution in [2.24, 2.45) is 0 Å². The first-order chi connectivity index (χ1) is 8.84. The molecule has 6 nitrogen and oxygen atoms in total. The van der Waals surface area contributed by atoms with Crippen LogP contribution in [0.1, 0.15) is 42.2 Å². The van der Waals surface area contributed by atoms with Gasteiger partial charge in [0, 0.05) is 13.1 Å². The third kappa shape index (κ3) is 2.25. The Morgan fingerprint density at radius 3 is 2.72 bits per heavy atom. The number of aromatic nitrogens is 3. The van der Waals surface area contributed by atoms with Crippen molar-refractivity contribution in [3.05, 3.63) is 11.9 Å². The van der Waals surface area contributed by atoms with E-state index in [-0.39, 0.29) is 5.91 Å². The molecule has 2 aliphatic heterocycles. The van der Waals surface area contributed by atoms with Crippen molar-refractivity contribution in [2.75, 3.05) is 26.2 Å². The van der Waals surface area contributed by atoms with Crippen molar-refractivity contribution < 1.29 is 4.79 Å². The van der Waals surface area contributed by atoms with Gasteiger partial charge in [-0.2, -0.15) is 0 Å². The number of rotatable bonds is 2.